The molecule has 1 rings (SSSR count). The summed E-state index contributed by atoms with van der Waals surface area (Å²) in [6.07, 6.45) is 7.27. The quantitative estimate of drug-likeness (QED) is 0.614. The Morgan fingerprint density at radius 1 is 1.43 bits per heavy atom. The van der Waals surface area contributed by atoms with Crippen LogP contribution in [-0.2, 0) is 4.79 Å². The maximum atomic E-state index is 11.9. The highest BCUT2D eigenvalue weighted by molar-refractivity contribution is 5.92. The topological polar surface area (TPSA) is 17.1 Å². The maximum absolute atomic E-state index is 11.9. The molecule has 1 fully saturated rings. The van der Waals surface area contributed by atoms with Crippen molar-refractivity contribution >= 4 is 5.78 Å². The highest BCUT2D eigenvalue weighted by Crippen LogP contribution is 2.44. The molecule has 0 heterocycles. The fourth-order valence-electron chi connectivity index (χ4n) is 2.91. The summed E-state index contributed by atoms with van der Waals surface area (Å²) in [6.45, 7) is 8.59. The van der Waals surface area contributed by atoms with Gasteiger partial charge in [-0.3, -0.25) is 4.79 Å². The molecule has 0 saturated heterocycles. The van der Waals surface area contributed by atoms with E-state index in [1.54, 1.807) is 6.08 Å². The van der Waals surface area contributed by atoms with E-state index in [2.05, 4.69) is 20.8 Å². The van der Waals surface area contributed by atoms with Crippen LogP contribution in [0.25, 0.3) is 0 Å². The van der Waals surface area contributed by atoms with Gasteiger partial charge in [-0.25, -0.2) is 0 Å². The maximum Gasteiger partial charge on any atom is 0.159 e. The Labute approximate surface area is 87.6 Å². The van der Waals surface area contributed by atoms with Crippen LogP contribution >= 0.6 is 0 Å². The molecule has 0 aromatic carbocycles. The van der Waals surface area contributed by atoms with Crippen molar-refractivity contribution in [3.05, 3.63) is 12.2 Å². The van der Waals surface area contributed by atoms with Crippen molar-refractivity contribution in [2.45, 2.75) is 47.0 Å². The van der Waals surface area contributed by atoms with Crippen molar-refractivity contribution in [3.63, 3.8) is 0 Å². The van der Waals surface area contributed by atoms with Crippen molar-refractivity contribution in [1.29, 1.82) is 0 Å². The first kappa shape index (κ1) is 11.5. The van der Waals surface area contributed by atoms with Gasteiger partial charge in [-0.2, -0.15) is 0 Å². The van der Waals surface area contributed by atoms with Gasteiger partial charge in [-0.1, -0.05) is 33.3 Å². The summed E-state index contributed by atoms with van der Waals surface area (Å²) in [7, 11) is 0. The van der Waals surface area contributed by atoms with Crippen LogP contribution in [0, 0.1) is 17.3 Å². The van der Waals surface area contributed by atoms with E-state index in [-0.39, 0.29) is 11.3 Å². The minimum atomic E-state index is 0.189. The number of carbonyl (C=O) groups is 1. The Bertz CT molecular complexity index is 238. The van der Waals surface area contributed by atoms with Crippen LogP contribution < -0.4 is 0 Å². The molecule has 0 bridgehead atoms. The third-order valence-electron chi connectivity index (χ3n) is 3.53. The van der Waals surface area contributed by atoms with Gasteiger partial charge in [0.2, 0.25) is 0 Å². The third kappa shape index (κ3) is 2.26. The zero-order valence-electron chi connectivity index (χ0n) is 9.84. The van der Waals surface area contributed by atoms with Crippen LogP contribution in [0.3, 0.4) is 0 Å². The lowest BCUT2D eigenvalue weighted by Crippen LogP contribution is -2.38. The second-order valence-corrected chi connectivity index (χ2v) is 5.24. The van der Waals surface area contributed by atoms with Gasteiger partial charge in [0.1, 0.15) is 0 Å². The fourth-order valence-corrected chi connectivity index (χ4v) is 2.91. The first-order valence-electron chi connectivity index (χ1n) is 5.65. The summed E-state index contributed by atoms with van der Waals surface area (Å²) in [4.78, 5) is 11.9. The van der Waals surface area contributed by atoms with E-state index in [0.29, 0.717) is 11.7 Å². The Morgan fingerprint density at radius 2 is 2.07 bits per heavy atom. The molecule has 14 heavy (non-hydrogen) atoms. The average Bonchev–Trinajstić information content (AvgIpc) is 2.02. The predicted molar refractivity (Wildman–Crippen MR) is 60.1 cm³/mol. The van der Waals surface area contributed by atoms with Gasteiger partial charge < -0.3 is 0 Å². The van der Waals surface area contributed by atoms with Gasteiger partial charge in [0.15, 0.2) is 5.78 Å². The molecule has 1 aliphatic carbocycles. The van der Waals surface area contributed by atoms with Crippen LogP contribution in [0.5, 0.6) is 0 Å². The van der Waals surface area contributed by atoms with Crippen molar-refractivity contribution in [1.82, 2.24) is 0 Å². The molecule has 1 aliphatic rings. The third-order valence-corrected chi connectivity index (χ3v) is 3.53. The van der Waals surface area contributed by atoms with Crippen LogP contribution in [-0.4, -0.2) is 5.78 Å². The lowest BCUT2D eigenvalue weighted by molar-refractivity contribution is -0.125. The molecule has 2 atom stereocenters. The smallest absolute Gasteiger partial charge is 0.159 e. The second kappa shape index (κ2) is 4.29. The lowest BCUT2D eigenvalue weighted by Gasteiger charge is -2.41. The normalized spacial score (nSPS) is 32.0. The monoisotopic (exact) mass is 194 g/mol. The zero-order valence-corrected chi connectivity index (χ0v) is 9.84. The summed E-state index contributed by atoms with van der Waals surface area (Å²) < 4.78 is 0. The van der Waals surface area contributed by atoms with E-state index in [4.69, 9.17) is 0 Å². The second-order valence-electron chi connectivity index (χ2n) is 5.24. The number of hydrogen-bond donors (Lipinski definition) is 0. The molecular weight excluding hydrogens is 172 g/mol. The minimum Gasteiger partial charge on any atom is -0.295 e. The number of allylic oxidation sites excluding steroid dienone is 2. The molecule has 0 radical (unpaired) electrons. The Hall–Kier alpha value is -0.590. The molecule has 80 valence electrons. The van der Waals surface area contributed by atoms with Gasteiger partial charge in [-0.05, 0) is 37.2 Å². The van der Waals surface area contributed by atoms with Crippen LogP contribution in [0.1, 0.15) is 47.0 Å². The Balaban J connectivity index is 2.85. The molecule has 0 spiro atoms. The van der Waals surface area contributed by atoms with Crippen LogP contribution in [0.2, 0.25) is 0 Å². The molecule has 1 heteroatoms. The molecule has 1 saturated carbocycles. The largest absolute Gasteiger partial charge is 0.295 e. The van der Waals surface area contributed by atoms with Crippen LogP contribution in [0.15, 0.2) is 12.2 Å². The van der Waals surface area contributed by atoms with Gasteiger partial charge in [0.25, 0.3) is 0 Å². The van der Waals surface area contributed by atoms with Crippen LogP contribution in [0.4, 0.5) is 0 Å². The lowest BCUT2D eigenvalue weighted by atomic mass is 9.62. The number of carbonyl (C=O) groups excluding carboxylic acids is 1. The van der Waals surface area contributed by atoms with Gasteiger partial charge in [-0.15, -0.1) is 0 Å². The molecule has 0 aromatic rings. The first-order chi connectivity index (χ1) is 6.49. The molecule has 0 unspecified atom stereocenters. The SMILES string of the molecule is CC=CC(=O)[C@@H]1[C@@H](C)CCCC1(C)C. The number of hydrogen-bond acceptors (Lipinski definition) is 1. The van der Waals surface area contributed by atoms with Gasteiger partial charge in [0.05, 0.1) is 0 Å². The van der Waals surface area contributed by atoms with E-state index in [1.807, 2.05) is 13.0 Å². The molecule has 0 aromatic heterocycles. The molecule has 0 amide bonds. The highest BCUT2D eigenvalue weighted by atomic mass is 16.1. The van der Waals surface area contributed by atoms with E-state index in [0.717, 1.165) is 0 Å². The van der Waals surface area contributed by atoms with Crippen molar-refractivity contribution in [2.75, 3.05) is 0 Å². The van der Waals surface area contributed by atoms with E-state index < -0.39 is 0 Å². The summed E-state index contributed by atoms with van der Waals surface area (Å²) >= 11 is 0. The van der Waals surface area contributed by atoms with E-state index in [1.165, 1.54) is 19.3 Å². The van der Waals surface area contributed by atoms with Crippen molar-refractivity contribution < 1.29 is 4.79 Å². The predicted octanol–water partition coefficient (Wildman–Crippen LogP) is 3.59. The molecular formula is C13H22O. The number of ketones is 1. The summed E-state index contributed by atoms with van der Waals surface area (Å²) in [5.74, 6) is 1.10. The summed E-state index contributed by atoms with van der Waals surface area (Å²) in [5, 5.41) is 0. The van der Waals surface area contributed by atoms with Gasteiger partial charge >= 0.3 is 0 Å². The molecule has 0 N–H and O–H groups in total. The first-order valence-corrected chi connectivity index (χ1v) is 5.65. The Kier molecular flexibility index (Phi) is 3.52. The molecule has 1 nitrogen and oxygen atoms in total. The van der Waals surface area contributed by atoms with Crippen molar-refractivity contribution in [2.24, 2.45) is 17.3 Å². The standard InChI is InChI=1S/C13H22O/c1-5-7-11(14)12-10(2)8-6-9-13(12,3)4/h5,7,10,12H,6,8-9H2,1-4H3/t10-,12-/m0/s1. The summed E-state index contributed by atoms with van der Waals surface area (Å²) in [5.41, 5.74) is 0.189. The highest BCUT2D eigenvalue weighted by Gasteiger charge is 2.40. The summed E-state index contributed by atoms with van der Waals surface area (Å²) in [6, 6.07) is 0. The minimum absolute atomic E-state index is 0.189. The van der Waals surface area contributed by atoms with Gasteiger partial charge in [0, 0.05) is 5.92 Å². The van der Waals surface area contributed by atoms with Crippen molar-refractivity contribution in [3.8, 4) is 0 Å². The van der Waals surface area contributed by atoms with E-state index >= 15 is 0 Å². The Morgan fingerprint density at radius 3 is 2.57 bits per heavy atom. The average molecular weight is 194 g/mol. The molecule has 0 aliphatic heterocycles. The van der Waals surface area contributed by atoms with E-state index in [9.17, 15) is 4.79 Å². The zero-order chi connectivity index (χ0) is 10.8. The number of rotatable bonds is 2. The fraction of sp³-hybridized carbons (Fsp3) is 0.769.